The third kappa shape index (κ3) is 3.81. The minimum atomic E-state index is -0.449. The van der Waals surface area contributed by atoms with Gasteiger partial charge in [-0.25, -0.2) is 14.8 Å². The Kier molecular flexibility index (Phi) is 3.59. The second-order valence-corrected chi connectivity index (χ2v) is 5.75. The van der Waals surface area contributed by atoms with Crippen molar-refractivity contribution in [2.45, 2.75) is 39.3 Å². The zero-order valence-electron chi connectivity index (χ0n) is 11.8. The molecule has 1 saturated heterocycles. The van der Waals surface area contributed by atoms with Gasteiger partial charge in [-0.3, -0.25) is 0 Å². The van der Waals surface area contributed by atoms with Crippen LogP contribution in [0.1, 0.15) is 26.5 Å². The maximum absolute atomic E-state index is 11.7. The van der Waals surface area contributed by atoms with Crippen LogP contribution >= 0.6 is 0 Å². The third-order valence-corrected chi connectivity index (χ3v) is 2.66. The van der Waals surface area contributed by atoms with Crippen LogP contribution in [0.4, 0.5) is 10.7 Å². The molecule has 1 amide bonds. The van der Waals surface area contributed by atoms with Crippen LogP contribution in [-0.2, 0) is 4.74 Å². The molecule has 1 aromatic rings. The predicted molar refractivity (Wildman–Crippen MR) is 72.0 cm³/mol. The quantitative estimate of drug-likeness (QED) is 0.882. The van der Waals surface area contributed by atoms with Crippen LogP contribution in [0, 0.1) is 6.92 Å². The van der Waals surface area contributed by atoms with Crippen LogP contribution in [0.25, 0.3) is 0 Å². The van der Waals surface area contributed by atoms with E-state index in [0.29, 0.717) is 19.0 Å². The van der Waals surface area contributed by atoms with E-state index in [9.17, 15) is 4.79 Å². The van der Waals surface area contributed by atoms with Crippen LogP contribution in [0.2, 0.25) is 0 Å². The summed E-state index contributed by atoms with van der Waals surface area (Å²) < 4.78 is 5.29. The maximum Gasteiger partial charge on any atom is 0.410 e. The SMILES string of the molecule is Cc1ccnc(NC2CN(C(=O)OC(C)(C)C)C2)n1. The molecular formula is C13H20N4O2. The molecule has 0 radical (unpaired) electrons. The molecule has 0 spiro atoms. The minimum absolute atomic E-state index is 0.189. The van der Waals surface area contributed by atoms with E-state index in [-0.39, 0.29) is 12.1 Å². The van der Waals surface area contributed by atoms with Gasteiger partial charge in [-0.2, -0.15) is 0 Å². The van der Waals surface area contributed by atoms with Gasteiger partial charge in [0.25, 0.3) is 0 Å². The number of anilines is 1. The molecule has 1 aliphatic heterocycles. The fourth-order valence-corrected chi connectivity index (χ4v) is 1.75. The van der Waals surface area contributed by atoms with E-state index in [4.69, 9.17) is 4.74 Å². The molecule has 0 aromatic carbocycles. The Hall–Kier alpha value is -1.85. The van der Waals surface area contributed by atoms with E-state index in [0.717, 1.165) is 5.69 Å². The summed E-state index contributed by atoms with van der Waals surface area (Å²) in [7, 11) is 0. The number of likely N-dealkylation sites (tertiary alicyclic amines) is 1. The molecule has 0 aliphatic carbocycles. The Bertz CT molecular complexity index is 464. The van der Waals surface area contributed by atoms with Crippen LogP contribution in [-0.4, -0.2) is 45.7 Å². The highest BCUT2D eigenvalue weighted by atomic mass is 16.6. The van der Waals surface area contributed by atoms with Crippen molar-refractivity contribution in [2.75, 3.05) is 18.4 Å². The first-order valence-electron chi connectivity index (χ1n) is 6.37. The lowest BCUT2D eigenvalue weighted by molar-refractivity contribution is 0.0104. The fourth-order valence-electron chi connectivity index (χ4n) is 1.75. The predicted octanol–water partition coefficient (Wildman–Crippen LogP) is 1.82. The molecule has 1 aliphatic rings. The number of hydrogen-bond acceptors (Lipinski definition) is 5. The second-order valence-electron chi connectivity index (χ2n) is 5.75. The normalized spacial score (nSPS) is 15.9. The summed E-state index contributed by atoms with van der Waals surface area (Å²) in [4.78, 5) is 21.8. The number of amides is 1. The Labute approximate surface area is 113 Å². The van der Waals surface area contributed by atoms with Crippen molar-refractivity contribution in [1.82, 2.24) is 14.9 Å². The first-order valence-corrected chi connectivity index (χ1v) is 6.37. The number of carbonyl (C=O) groups excluding carboxylic acids is 1. The molecule has 2 heterocycles. The summed E-state index contributed by atoms with van der Waals surface area (Å²) in [6.07, 6.45) is 1.45. The molecule has 19 heavy (non-hydrogen) atoms. The maximum atomic E-state index is 11.7. The van der Waals surface area contributed by atoms with Crippen molar-refractivity contribution in [1.29, 1.82) is 0 Å². The zero-order valence-corrected chi connectivity index (χ0v) is 11.8. The van der Waals surface area contributed by atoms with E-state index in [2.05, 4.69) is 15.3 Å². The average molecular weight is 264 g/mol. The minimum Gasteiger partial charge on any atom is -0.444 e. The van der Waals surface area contributed by atoms with Crippen molar-refractivity contribution in [3.63, 3.8) is 0 Å². The number of aromatic nitrogens is 2. The van der Waals surface area contributed by atoms with Gasteiger partial charge in [0.2, 0.25) is 5.95 Å². The Balaban J connectivity index is 1.79. The molecule has 0 atom stereocenters. The largest absolute Gasteiger partial charge is 0.444 e. The molecule has 2 rings (SSSR count). The molecule has 1 N–H and O–H groups in total. The van der Waals surface area contributed by atoms with E-state index in [1.54, 1.807) is 11.1 Å². The first kappa shape index (κ1) is 13.6. The first-order chi connectivity index (χ1) is 8.83. The number of hydrogen-bond donors (Lipinski definition) is 1. The van der Waals surface area contributed by atoms with Crippen molar-refractivity contribution in [2.24, 2.45) is 0 Å². The second kappa shape index (κ2) is 5.03. The van der Waals surface area contributed by atoms with Gasteiger partial charge in [0.05, 0.1) is 6.04 Å². The van der Waals surface area contributed by atoms with Gasteiger partial charge in [0.15, 0.2) is 0 Å². The zero-order chi connectivity index (χ0) is 14.0. The monoisotopic (exact) mass is 264 g/mol. The van der Waals surface area contributed by atoms with E-state index in [1.165, 1.54) is 0 Å². The standard InChI is InChI=1S/C13H20N4O2/c1-9-5-6-14-11(15-9)16-10-7-17(8-10)12(18)19-13(2,3)4/h5-6,10H,7-8H2,1-4H3,(H,14,15,16). The number of carbonyl (C=O) groups is 1. The molecule has 6 heteroatoms. The Morgan fingerprint density at radius 2 is 2.16 bits per heavy atom. The number of ether oxygens (including phenoxy) is 1. The summed E-state index contributed by atoms with van der Waals surface area (Å²) in [5, 5.41) is 3.20. The Morgan fingerprint density at radius 1 is 1.47 bits per heavy atom. The van der Waals surface area contributed by atoms with Crippen molar-refractivity contribution < 1.29 is 9.53 Å². The molecule has 6 nitrogen and oxygen atoms in total. The third-order valence-electron chi connectivity index (χ3n) is 2.66. The average Bonchev–Trinajstić information content (AvgIpc) is 2.20. The highest BCUT2D eigenvalue weighted by molar-refractivity contribution is 5.69. The highest BCUT2D eigenvalue weighted by Gasteiger charge is 2.33. The van der Waals surface area contributed by atoms with E-state index >= 15 is 0 Å². The molecule has 1 fully saturated rings. The van der Waals surface area contributed by atoms with Crippen LogP contribution in [0.3, 0.4) is 0 Å². The molecule has 0 saturated carbocycles. The summed E-state index contributed by atoms with van der Waals surface area (Å²) >= 11 is 0. The van der Waals surface area contributed by atoms with Gasteiger partial charge >= 0.3 is 6.09 Å². The number of rotatable bonds is 2. The van der Waals surface area contributed by atoms with Crippen LogP contribution in [0.15, 0.2) is 12.3 Å². The summed E-state index contributed by atoms with van der Waals surface area (Å²) in [5.74, 6) is 0.605. The molecule has 0 unspecified atom stereocenters. The molecule has 104 valence electrons. The summed E-state index contributed by atoms with van der Waals surface area (Å²) in [6, 6.07) is 2.04. The van der Waals surface area contributed by atoms with Gasteiger partial charge in [-0.15, -0.1) is 0 Å². The smallest absolute Gasteiger partial charge is 0.410 e. The lowest BCUT2D eigenvalue weighted by Gasteiger charge is -2.39. The van der Waals surface area contributed by atoms with E-state index in [1.807, 2.05) is 33.8 Å². The van der Waals surface area contributed by atoms with Gasteiger partial charge in [-0.1, -0.05) is 0 Å². The highest BCUT2D eigenvalue weighted by Crippen LogP contribution is 2.17. The lowest BCUT2D eigenvalue weighted by atomic mass is 10.1. The van der Waals surface area contributed by atoms with Crippen molar-refractivity contribution in [3.8, 4) is 0 Å². The van der Waals surface area contributed by atoms with Gasteiger partial charge in [0.1, 0.15) is 5.60 Å². The van der Waals surface area contributed by atoms with Crippen molar-refractivity contribution >= 4 is 12.0 Å². The van der Waals surface area contributed by atoms with Crippen molar-refractivity contribution in [3.05, 3.63) is 18.0 Å². The number of nitrogens with zero attached hydrogens (tertiary/aromatic N) is 3. The molecule has 1 aromatic heterocycles. The Morgan fingerprint density at radius 3 is 2.74 bits per heavy atom. The summed E-state index contributed by atoms with van der Waals surface area (Å²) in [6.45, 7) is 8.74. The lowest BCUT2D eigenvalue weighted by Crippen LogP contribution is -2.58. The van der Waals surface area contributed by atoms with Crippen LogP contribution in [0.5, 0.6) is 0 Å². The number of nitrogens with one attached hydrogen (secondary N) is 1. The summed E-state index contributed by atoms with van der Waals surface area (Å²) in [5.41, 5.74) is 0.468. The topological polar surface area (TPSA) is 67.4 Å². The fraction of sp³-hybridized carbons (Fsp3) is 0.615. The van der Waals surface area contributed by atoms with Gasteiger partial charge < -0.3 is 15.0 Å². The van der Waals surface area contributed by atoms with E-state index < -0.39 is 5.60 Å². The van der Waals surface area contributed by atoms with Gasteiger partial charge in [0, 0.05) is 25.0 Å². The van der Waals surface area contributed by atoms with Crippen LogP contribution < -0.4 is 5.32 Å². The van der Waals surface area contributed by atoms with Gasteiger partial charge in [-0.05, 0) is 33.8 Å². The number of aryl methyl sites for hydroxylation is 1. The molecular weight excluding hydrogens is 244 g/mol. The molecule has 0 bridgehead atoms.